The molecule has 1 aromatic carbocycles. The number of aliphatic carboxylic acids is 1. The molecule has 2 N–H and O–H groups in total. The van der Waals surface area contributed by atoms with Gasteiger partial charge in [-0.1, -0.05) is 23.7 Å². The van der Waals surface area contributed by atoms with Crippen LogP contribution in [-0.2, 0) is 14.8 Å². The largest absolute Gasteiger partial charge is 0.481 e. The van der Waals surface area contributed by atoms with Crippen molar-refractivity contribution in [2.45, 2.75) is 23.8 Å². The van der Waals surface area contributed by atoms with Gasteiger partial charge in [-0.15, -0.1) is 0 Å². The van der Waals surface area contributed by atoms with E-state index in [1.807, 2.05) is 0 Å². The van der Waals surface area contributed by atoms with Crippen molar-refractivity contribution in [1.82, 2.24) is 4.31 Å². The van der Waals surface area contributed by atoms with Crippen molar-refractivity contribution in [2.75, 3.05) is 13.2 Å². The van der Waals surface area contributed by atoms with Gasteiger partial charge in [0.15, 0.2) is 0 Å². The van der Waals surface area contributed by atoms with E-state index in [1.165, 1.54) is 12.1 Å². The second-order valence-electron chi connectivity index (χ2n) is 4.94. The normalized spacial score (nSPS) is 23.9. The first-order valence-corrected chi connectivity index (χ1v) is 8.29. The fraction of sp³-hybridized carbons (Fsp3) is 0.462. The maximum Gasteiger partial charge on any atom is 0.306 e. The standard InChI is InChI=1S/C13H16ClNO5S/c14-11-3-1-2-4-12(11)21(19,20)15-6-5-9(13(17)18)7-10(15)8-16/h1-4,9-10,16H,5-8H2,(H,17,18). The molecule has 0 aromatic heterocycles. The maximum absolute atomic E-state index is 12.6. The number of sulfonamides is 1. The van der Waals surface area contributed by atoms with Gasteiger partial charge in [0.1, 0.15) is 4.90 Å². The summed E-state index contributed by atoms with van der Waals surface area (Å²) in [5.41, 5.74) is 0. The summed E-state index contributed by atoms with van der Waals surface area (Å²) in [6, 6.07) is 5.32. The van der Waals surface area contributed by atoms with E-state index in [9.17, 15) is 18.3 Å². The van der Waals surface area contributed by atoms with Gasteiger partial charge in [-0.3, -0.25) is 4.79 Å². The molecule has 116 valence electrons. The summed E-state index contributed by atoms with van der Waals surface area (Å²) in [5.74, 6) is -1.61. The van der Waals surface area contributed by atoms with Crippen molar-refractivity contribution >= 4 is 27.6 Å². The van der Waals surface area contributed by atoms with E-state index in [0.717, 1.165) is 4.31 Å². The maximum atomic E-state index is 12.6. The number of halogens is 1. The van der Waals surface area contributed by atoms with Crippen LogP contribution in [-0.4, -0.2) is 48.1 Å². The van der Waals surface area contributed by atoms with Crippen LogP contribution in [0.15, 0.2) is 29.2 Å². The van der Waals surface area contributed by atoms with Crippen LogP contribution >= 0.6 is 11.6 Å². The summed E-state index contributed by atoms with van der Waals surface area (Å²) in [7, 11) is -3.85. The number of aliphatic hydroxyl groups excluding tert-OH is 1. The first-order chi connectivity index (χ1) is 9.87. The number of hydrogen-bond donors (Lipinski definition) is 2. The number of rotatable bonds is 4. The summed E-state index contributed by atoms with van der Waals surface area (Å²) in [6.45, 7) is -0.372. The lowest BCUT2D eigenvalue weighted by Crippen LogP contribution is -2.49. The first-order valence-electron chi connectivity index (χ1n) is 6.48. The predicted molar refractivity (Wildman–Crippen MR) is 76.6 cm³/mol. The molecule has 2 atom stereocenters. The fourth-order valence-electron chi connectivity index (χ4n) is 2.52. The van der Waals surface area contributed by atoms with Gasteiger partial charge in [0.2, 0.25) is 10.0 Å². The van der Waals surface area contributed by atoms with Crippen molar-refractivity contribution in [1.29, 1.82) is 0 Å². The van der Waals surface area contributed by atoms with Gasteiger partial charge in [0.05, 0.1) is 17.5 Å². The average molecular weight is 334 g/mol. The molecule has 1 saturated heterocycles. The van der Waals surface area contributed by atoms with Gasteiger partial charge >= 0.3 is 5.97 Å². The molecule has 21 heavy (non-hydrogen) atoms. The molecule has 1 aromatic rings. The second-order valence-corrected chi connectivity index (χ2v) is 7.21. The number of aliphatic hydroxyl groups is 1. The van der Waals surface area contributed by atoms with Crippen LogP contribution in [0, 0.1) is 5.92 Å². The Labute approximate surface area is 128 Å². The first kappa shape index (κ1) is 16.2. The van der Waals surface area contributed by atoms with Crippen LogP contribution in [0.2, 0.25) is 5.02 Å². The molecule has 0 amide bonds. The highest BCUT2D eigenvalue weighted by Crippen LogP contribution is 2.31. The zero-order valence-corrected chi connectivity index (χ0v) is 12.7. The van der Waals surface area contributed by atoms with Gasteiger partial charge in [0, 0.05) is 12.6 Å². The van der Waals surface area contributed by atoms with Crippen molar-refractivity contribution in [3.63, 3.8) is 0 Å². The molecule has 6 nitrogen and oxygen atoms in total. The SMILES string of the molecule is O=C(O)C1CCN(S(=O)(=O)c2ccccc2Cl)C(CO)C1. The fourth-order valence-corrected chi connectivity index (χ4v) is 4.65. The highest BCUT2D eigenvalue weighted by Gasteiger charge is 2.39. The summed E-state index contributed by atoms with van der Waals surface area (Å²) in [5, 5.41) is 18.5. The summed E-state index contributed by atoms with van der Waals surface area (Å²) in [4.78, 5) is 11.0. The highest BCUT2D eigenvalue weighted by molar-refractivity contribution is 7.89. The molecular weight excluding hydrogens is 318 g/mol. The lowest BCUT2D eigenvalue weighted by molar-refractivity contribution is -0.143. The molecule has 1 aliphatic rings. The number of nitrogens with zero attached hydrogens (tertiary/aromatic N) is 1. The van der Waals surface area contributed by atoms with Gasteiger partial charge in [0.25, 0.3) is 0 Å². The Hall–Kier alpha value is -1.15. The van der Waals surface area contributed by atoms with E-state index in [0.29, 0.717) is 0 Å². The molecule has 2 unspecified atom stereocenters. The van der Waals surface area contributed by atoms with Crippen molar-refractivity contribution in [3.05, 3.63) is 29.3 Å². The Morgan fingerprint density at radius 2 is 2.05 bits per heavy atom. The monoisotopic (exact) mass is 333 g/mol. The minimum absolute atomic E-state index is 0.0288. The molecule has 0 bridgehead atoms. The van der Waals surface area contributed by atoms with Gasteiger partial charge < -0.3 is 10.2 Å². The van der Waals surface area contributed by atoms with Crippen LogP contribution in [0.1, 0.15) is 12.8 Å². The van der Waals surface area contributed by atoms with E-state index >= 15 is 0 Å². The lowest BCUT2D eigenvalue weighted by atomic mass is 9.93. The molecule has 1 heterocycles. The van der Waals surface area contributed by atoms with Crippen LogP contribution in [0.4, 0.5) is 0 Å². The smallest absolute Gasteiger partial charge is 0.306 e. The Bertz CT molecular complexity index is 633. The molecule has 0 radical (unpaired) electrons. The third kappa shape index (κ3) is 3.21. The van der Waals surface area contributed by atoms with E-state index in [1.54, 1.807) is 12.1 Å². The third-order valence-electron chi connectivity index (χ3n) is 3.65. The molecule has 0 aliphatic carbocycles. The molecule has 0 spiro atoms. The quantitative estimate of drug-likeness (QED) is 0.863. The number of benzene rings is 1. The molecule has 1 fully saturated rings. The Kier molecular flexibility index (Phi) is 4.88. The number of hydrogen-bond acceptors (Lipinski definition) is 4. The number of carboxylic acids is 1. The Morgan fingerprint density at radius 3 is 2.62 bits per heavy atom. The summed E-state index contributed by atoms with van der Waals surface area (Å²) < 4.78 is 26.4. The second kappa shape index (κ2) is 6.31. The summed E-state index contributed by atoms with van der Waals surface area (Å²) >= 11 is 5.94. The molecule has 2 rings (SSSR count). The van der Waals surface area contributed by atoms with Gasteiger partial charge in [-0.2, -0.15) is 4.31 Å². The van der Waals surface area contributed by atoms with Gasteiger partial charge in [-0.05, 0) is 25.0 Å². The molecule has 0 saturated carbocycles. The van der Waals surface area contributed by atoms with Crippen molar-refractivity contribution in [2.24, 2.45) is 5.92 Å². The third-order valence-corrected chi connectivity index (χ3v) is 6.10. The number of piperidine rings is 1. The zero-order valence-electron chi connectivity index (χ0n) is 11.1. The Morgan fingerprint density at radius 1 is 1.38 bits per heavy atom. The molecule has 1 aliphatic heterocycles. The number of carbonyl (C=O) groups is 1. The van der Waals surface area contributed by atoms with Crippen LogP contribution in [0.3, 0.4) is 0 Å². The molecular formula is C13H16ClNO5S. The Balaban J connectivity index is 2.32. The lowest BCUT2D eigenvalue weighted by Gasteiger charge is -2.36. The van der Waals surface area contributed by atoms with Crippen molar-refractivity contribution in [3.8, 4) is 0 Å². The van der Waals surface area contributed by atoms with E-state index in [-0.39, 0.29) is 29.3 Å². The highest BCUT2D eigenvalue weighted by atomic mass is 35.5. The predicted octanol–water partition coefficient (Wildman–Crippen LogP) is 1.19. The topological polar surface area (TPSA) is 94.9 Å². The average Bonchev–Trinajstić information content (AvgIpc) is 2.46. The minimum atomic E-state index is -3.85. The van der Waals surface area contributed by atoms with Gasteiger partial charge in [-0.25, -0.2) is 8.42 Å². The number of carboxylic acid groups (broad SMARTS) is 1. The van der Waals surface area contributed by atoms with Crippen molar-refractivity contribution < 1.29 is 23.4 Å². The van der Waals surface area contributed by atoms with E-state index in [4.69, 9.17) is 16.7 Å². The summed E-state index contributed by atoms with van der Waals surface area (Å²) in [6.07, 6.45) is 0.311. The van der Waals surface area contributed by atoms with E-state index < -0.39 is 34.6 Å². The van der Waals surface area contributed by atoms with Crippen LogP contribution in [0.25, 0.3) is 0 Å². The molecule has 8 heteroatoms. The van der Waals surface area contributed by atoms with E-state index in [2.05, 4.69) is 0 Å². The minimum Gasteiger partial charge on any atom is -0.481 e. The van der Waals surface area contributed by atoms with Crippen LogP contribution in [0.5, 0.6) is 0 Å². The zero-order chi connectivity index (χ0) is 15.6. The van der Waals surface area contributed by atoms with Crippen LogP contribution < -0.4 is 0 Å².